The van der Waals surface area contributed by atoms with Crippen molar-refractivity contribution in [3.63, 3.8) is 0 Å². The van der Waals surface area contributed by atoms with Crippen LogP contribution < -0.4 is 10.2 Å². The smallest absolute Gasteiger partial charge is 0.416 e. The summed E-state index contributed by atoms with van der Waals surface area (Å²) in [6.45, 7) is 2.95. The van der Waals surface area contributed by atoms with Crippen molar-refractivity contribution in [3.8, 4) is 11.4 Å². The maximum Gasteiger partial charge on any atom is 0.416 e. The van der Waals surface area contributed by atoms with E-state index in [-0.39, 0.29) is 35.7 Å². The molecular weight excluding hydrogens is 433 g/mol. The molecule has 1 aromatic carbocycles. The summed E-state index contributed by atoms with van der Waals surface area (Å²) in [6.07, 6.45) is -0.970. The molecule has 0 bridgehead atoms. The summed E-state index contributed by atoms with van der Waals surface area (Å²) < 4.78 is 51.0. The molecular formula is C19H17F3N6O4. The Balaban J connectivity index is 1.55. The number of nitrogens with one attached hydrogen (secondary N) is 1. The second-order valence-electron chi connectivity index (χ2n) is 7.07. The first-order valence-corrected chi connectivity index (χ1v) is 9.46. The molecule has 1 amide bonds. The average molecular weight is 450 g/mol. The number of aromatic nitrogens is 4. The number of ether oxygens (including phenoxy) is 1. The van der Waals surface area contributed by atoms with Crippen LogP contribution >= 0.6 is 0 Å². The van der Waals surface area contributed by atoms with Crippen molar-refractivity contribution >= 4 is 17.9 Å². The maximum absolute atomic E-state index is 14.4. The van der Waals surface area contributed by atoms with E-state index in [1.807, 2.05) is 0 Å². The second-order valence-corrected chi connectivity index (χ2v) is 7.07. The largest absolute Gasteiger partial charge is 0.447 e. The van der Waals surface area contributed by atoms with Gasteiger partial charge in [-0.15, -0.1) is 0 Å². The summed E-state index contributed by atoms with van der Waals surface area (Å²) in [5.74, 6) is -3.26. The van der Waals surface area contributed by atoms with Crippen molar-refractivity contribution in [2.24, 2.45) is 0 Å². The zero-order valence-corrected chi connectivity index (χ0v) is 16.8. The minimum absolute atomic E-state index is 0.0350. The lowest BCUT2D eigenvalue weighted by Crippen LogP contribution is -2.42. The Morgan fingerprint density at radius 2 is 1.97 bits per heavy atom. The lowest BCUT2D eigenvalue weighted by atomic mass is 10.2. The molecule has 1 fully saturated rings. The fourth-order valence-corrected chi connectivity index (χ4v) is 3.05. The van der Waals surface area contributed by atoms with Crippen LogP contribution in [0, 0.1) is 17.5 Å². The van der Waals surface area contributed by atoms with Crippen LogP contribution in [0.25, 0.3) is 11.4 Å². The first kappa shape index (κ1) is 21.5. The molecule has 13 heteroatoms. The number of halogens is 3. The topological polar surface area (TPSA) is 127 Å². The van der Waals surface area contributed by atoms with Crippen LogP contribution in [-0.4, -0.2) is 50.1 Å². The fraction of sp³-hybridized carbons (Fsp3) is 0.316. The Hall–Kier alpha value is -3.74. The third-order valence-corrected chi connectivity index (χ3v) is 4.75. The molecule has 4 rings (SSSR count). The molecule has 2 aromatic heterocycles. The molecule has 0 saturated carbocycles. The Morgan fingerprint density at radius 1 is 1.19 bits per heavy atom. The van der Waals surface area contributed by atoms with E-state index in [1.165, 1.54) is 13.0 Å². The number of carbonyl (C=O) groups excluding carboxylic acids is 1. The number of cyclic esters (lactones) is 1. The maximum atomic E-state index is 14.4. The lowest BCUT2D eigenvalue weighted by Gasteiger charge is -2.23. The van der Waals surface area contributed by atoms with Crippen molar-refractivity contribution in [1.29, 1.82) is 0 Å². The van der Waals surface area contributed by atoms with E-state index in [0.717, 1.165) is 23.2 Å². The van der Waals surface area contributed by atoms with E-state index in [2.05, 4.69) is 25.4 Å². The molecule has 0 radical (unpaired) electrons. The highest BCUT2D eigenvalue weighted by Gasteiger charge is 2.39. The molecule has 1 saturated heterocycles. The Morgan fingerprint density at radius 3 is 2.69 bits per heavy atom. The molecule has 3 heterocycles. The summed E-state index contributed by atoms with van der Waals surface area (Å²) >= 11 is 0. The van der Waals surface area contributed by atoms with Crippen molar-refractivity contribution in [2.75, 3.05) is 16.8 Å². The standard InChI is InChI=1S/C19H17F3N6O4/c1-8(17-25-15(27-32-17)10-3-4-11(20)12(21)5-10)24-18-23-6-13(22)16(26-18)28-14(9(2)29)7-31-19(28)30/h3-6,8-9,14,29H,7H2,1-2H3,(H,23,24,26)/t8-,9+,14?/m0/s1. The number of hydrogen-bond donors (Lipinski definition) is 2. The number of amides is 1. The first-order chi connectivity index (χ1) is 15.2. The normalized spacial score (nSPS) is 17.9. The van der Waals surface area contributed by atoms with Gasteiger partial charge in [0.05, 0.1) is 12.3 Å². The van der Waals surface area contributed by atoms with Crippen molar-refractivity contribution in [3.05, 3.63) is 47.7 Å². The van der Waals surface area contributed by atoms with Crippen LogP contribution in [0.3, 0.4) is 0 Å². The van der Waals surface area contributed by atoms with Crippen LogP contribution in [0.15, 0.2) is 28.9 Å². The minimum Gasteiger partial charge on any atom is -0.447 e. The van der Waals surface area contributed by atoms with Gasteiger partial charge in [0.1, 0.15) is 18.7 Å². The van der Waals surface area contributed by atoms with Gasteiger partial charge in [0, 0.05) is 5.56 Å². The van der Waals surface area contributed by atoms with E-state index in [4.69, 9.17) is 9.26 Å². The average Bonchev–Trinajstić information content (AvgIpc) is 3.39. The molecule has 3 aromatic rings. The predicted octanol–water partition coefficient (Wildman–Crippen LogP) is 2.82. The van der Waals surface area contributed by atoms with Crippen LogP contribution in [0.2, 0.25) is 0 Å². The number of aliphatic hydroxyl groups is 1. The third kappa shape index (κ3) is 4.06. The highest BCUT2D eigenvalue weighted by Crippen LogP contribution is 2.27. The molecule has 1 unspecified atom stereocenters. The number of rotatable bonds is 6. The monoisotopic (exact) mass is 450 g/mol. The zero-order valence-electron chi connectivity index (χ0n) is 16.8. The van der Waals surface area contributed by atoms with Crippen LogP contribution in [0.1, 0.15) is 25.8 Å². The molecule has 1 aliphatic rings. The molecule has 0 aliphatic carbocycles. The van der Waals surface area contributed by atoms with Gasteiger partial charge in [-0.2, -0.15) is 9.97 Å². The molecule has 3 atom stereocenters. The van der Waals surface area contributed by atoms with Crippen LogP contribution in [0.5, 0.6) is 0 Å². The van der Waals surface area contributed by atoms with Gasteiger partial charge in [-0.3, -0.25) is 0 Å². The quantitative estimate of drug-likeness (QED) is 0.583. The van der Waals surface area contributed by atoms with Gasteiger partial charge >= 0.3 is 6.09 Å². The molecule has 32 heavy (non-hydrogen) atoms. The van der Waals surface area contributed by atoms with Crippen LogP contribution in [-0.2, 0) is 4.74 Å². The number of hydrogen-bond acceptors (Lipinski definition) is 9. The van der Waals surface area contributed by atoms with Gasteiger partial charge in [0.2, 0.25) is 17.7 Å². The van der Waals surface area contributed by atoms with E-state index >= 15 is 0 Å². The van der Waals surface area contributed by atoms with E-state index in [0.29, 0.717) is 0 Å². The van der Waals surface area contributed by atoms with Crippen molar-refractivity contribution in [1.82, 2.24) is 20.1 Å². The Bertz CT molecular complexity index is 1160. The summed E-state index contributed by atoms with van der Waals surface area (Å²) in [5, 5.41) is 16.4. The van der Waals surface area contributed by atoms with Gasteiger partial charge in [-0.05, 0) is 32.0 Å². The Kier molecular flexibility index (Phi) is 5.65. The highest BCUT2D eigenvalue weighted by atomic mass is 19.2. The van der Waals surface area contributed by atoms with Gasteiger partial charge in [0.15, 0.2) is 23.3 Å². The number of benzene rings is 1. The SMILES string of the molecule is C[C@H](Nc1ncc(F)c(N2C(=O)OCC2[C@@H](C)O)n1)c1nc(-c2ccc(F)c(F)c2)no1. The summed E-state index contributed by atoms with van der Waals surface area (Å²) in [4.78, 5) is 25.0. The second kappa shape index (κ2) is 8.42. The van der Waals surface area contributed by atoms with E-state index < -0.39 is 41.7 Å². The summed E-state index contributed by atoms with van der Waals surface area (Å²) in [6, 6.07) is 1.70. The van der Waals surface area contributed by atoms with Gasteiger partial charge in [-0.25, -0.2) is 27.8 Å². The number of anilines is 2. The third-order valence-electron chi connectivity index (χ3n) is 4.75. The highest BCUT2D eigenvalue weighted by molar-refractivity contribution is 5.89. The predicted molar refractivity (Wildman–Crippen MR) is 103 cm³/mol. The van der Waals surface area contributed by atoms with Crippen molar-refractivity contribution < 1.29 is 32.3 Å². The number of carbonyl (C=O) groups is 1. The number of aliphatic hydroxyl groups excluding tert-OH is 1. The first-order valence-electron chi connectivity index (χ1n) is 9.46. The molecule has 10 nitrogen and oxygen atoms in total. The number of nitrogens with zero attached hydrogens (tertiary/aromatic N) is 5. The van der Waals surface area contributed by atoms with E-state index in [9.17, 15) is 23.1 Å². The van der Waals surface area contributed by atoms with Gasteiger partial charge in [-0.1, -0.05) is 5.16 Å². The molecule has 2 N–H and O–H groups in total. The molecule has 0 spiro atoms. The van der Waals surface area contributed by atoms with Crippen LogP contribution in [0.4, 0.5) is 29.7 Å². The fourth-order valence-electron chi connectivity index (χ4n) is 3.05. The zero-order chi connectivity index (χ0) is 23.0. The summed E-state index contributed by atoms with van der Waals surface area (Å²) in [7, 11) is 0. The van der Waals surface area contributed by atoms with Crippen molar-refractivity contribution in [2.45, 2.75) is 32.0 Å². The summed E-state index contributed by atoms with van der Waals surface area (Å²) in [5.41, 5.74) is 0.211. The Labute approximate surface area is 179 Å². The molecule has 168 valence electrons. The van der Waals surface area contributed by atoms with E-state index in [1.54, 1.807) is 6.92 Å². The van der Waals surface area contributed by atoms with Gasteiger partial charge in [0.25, 0.3) is 0 Å². The van der Waals surface area contributed by atoms with Gasteiger partial charge < -0.3 is 19.7 Å². The minimum atomic E-state index is -1.05. The molecule has 1 aliphatic heterocycles. The lowest BCUT2D eigenvalue weighted by molar-refractivity contribution is 0.142.